The molecular weight excluding hydrogens is 242 g/mol. The number of nitriles is 1. The average molecular weight is 251 g/mol. The summed E-state index contributed by atoms with van der Waals surface area (Å²) in [6, 6.07) is 7.49. The predicted octanol–water partition coefficient (Wildman–Crippen LogP) is 1.92. The van der Waals surface area contributed by atoms with Crippen LogP contribution in [0.15, 0.2) is 41.3 Å². The summed E-state index contributed by atoms with van der Waals surface area (Å²) in [7, 11) is 0. The molecule has 0 amide bonds. The summed E-state index contributed by atoms with van der Waals surface area (Å²) in [6.45, 7) is 0. The number of pyridine rings is 1. The van der Waals surface area contributed by atoms with Gasteiger partial charge in [0, 0.05) is 25.0 Å². The van der Waals surface area contributed by atoms with E-state index in [1.807, 2.05) is 18.2 Å². The maximum absolute atomic E-state index is 8.74. The van der Waals surface area contributed by atoms with Gasteiger partial charge in [-0.2, -0.15) is 10.2 Å². The van der Waals surface area contributed by atoms with Crippen molar-refractivity contribution in [3.63, 3.8) is 0 Å². The number of rotatable bonds is 3. The van der Waals surface area contributed by atoms with Crippen LogP contribution in [0.5, 0.6) is 0 Å². The Balaban J connectivity index is 1.82. The molecule has 3 aromatic rings. The van der Waals surface area contributed by atoms with Gasteiger partial charge in [-0.05, 0) is 17.7 Å². The van der Waals surface area contributed by atoms with Crippen LogP contribution >= 0.6 is 0 Å². The largest absolute Gasteiger partial charge is 0.352 e. The fraction of sp³-hybridized carbons (Fsp3) is 0.0769. The maximum atomic E-state index is 8.74. The number of H-pyrrole nitrogens is 1. The molecule has 3 heterocycles. The lowest BCUT2D eigenvalue weighted by molar-refractivity contribution is 0.424. The number of nitrogens with one attached hydrogen (secondary N) is 1. The molecule has 0 aliphatic rings. The van der Waals surface area contributed by atoms with Crippen molar-refractivity contribution in [2.24, 2.45) is 0 Å². The van der Waals surface area contributed by atoms with E-state index in [0.29, 0.717) is 29.4 Å². The summed E-state index contributed by atoms with van der Waals surface area (Å²) in [5, 5.41) is 12.7. The van der Waals surface area contributed by atoms with Gasteiger partial charge in [0.05, 0.1) is 5.56 Å². The topological polar surface area (TPSA) is 91.4 Å². The van der Waals surface area contributed by atoms with Crippen LogP contribution in [0.25, 0.3) is 11.5 Å². The molecule has 0 saturated heterocycles. The Bertz CT molecular complexity index is 723. The van der Waals surface area contributed by atoms with Crippen LogP contribution in [0, 0.1) is 11.3 Å². The van der Waals surface area contributed by atoms with E-state index in [2.05, 4.69) is 20.1 Å². The molecule has 3 rings (SSSR count). The molecule has 0 saturated carbocycles. The number of aromatic amines is 1. The molecule has 0 spiro atoms. The number of hydrogen-bond donors (Lipinski definition) is 1. The SMILES string of the molecule is N#Cc1cc(-c2nc(Cc3cccnc3)no2)c[nH]1. The standard InChI is InChI=1S/C13H9N5O/c14-6-11-5-10(8-16-11)13-17-12(18-19-13)4-9-2-1-3-15-7-9/h1-3,5,7-8,16H,4H2. The summed E-state index contributed by atoms with van der Waals surface area (Å²) in [4.78, 5) is 11.1. The second-order valence-electron chi connectivity index (χ2n) is 3.97. The van der Waals surface area contributed by atoms with Gasteiger partial charge in [0.25, 0.3) is 5.89 Å². The Morgan fingerprint density at radius 3 is 3.11 bits per heavy atom. The van der Waals surface area contributed by atoms with Crippen molar-refractivity contribution in [1.29, 1.82) is 5.26 Å². The average Bonchev–Trinajstić information content (AvgIpc) is 3.08. The van der Waals surface area contributed by atoms with E-state index in [0.717, 1.165) is 5.56 Å². The van der Waals surface area contributed by atoms with E-state index >= 15 is 0 Å². The van der Waals surface area contributed by atoms with Crippen molar-refractivity contribution in [1.82, 2.24) is 20.1 Å². The Kier molecular flexibility index (Phi) is 2.79. The van der Waals surface area contributed by atoms with Crippen molar-refractivity contribution >= 4 is 0 Å². The van der Waals surface area contributed by atoms with Crippen LogP contribution in [0.2, 0.25) is 0 Å². The highest BCUT2D eigenvalue weighted by Gasteiger charge is 2.11. The zero-order valence-corrected chi connectivity index (χ0v) is 9.87. The van der Waals surface area contributed by atoms with Gasteiger partial charge in [-0.25, -0.2) is 0 Å². The normalized spacial score (nSPS) is 10.3. The zero-order valence-electron chi connectivity index (χ0n) is 9.87. The van der Waals surface area contributed by atoms with Gasteiger partial charge in [-0.15, -0.1) is 0 Å². The fourth-order valence-electron chi connectivity index (χ4n) is 1.71. The molecule has 0 unspecified atom stereocenters. The lowest BCUT2D eigenvalue weighted by Gasteiger charge is -1.93. The van der Waals surface area contributed by atoms with Gasteiger partial charge in [0.15, 0.2) is 5.82 Å². The second-order valence-corrected chi connectivity index (χ2v) is 3.97. The Morgan fingerprint density at radius 1 is 1.42 bits per heavy atom. The minimum absolute atomic E-state index is 0.400. The smallest absolute Gasteiger partial charge is 0.259 e. The van der Waals surface area contributed by atoms with Crippen molar-refractivity contribution in [2.75, 3.05) is 0 Å². The first kappa shape index (κ1) is 11.2. The third kappa shape index (κ3) is 2.35. The number of aromatic nitrogens is 4. The van der Waals surface area contributed by atoms with Gasteiger partial charge >= 0.3 is 0 Å². The van der Waals surface area contributed by atoms with Gasteiger partial charge in [-0.1, -0.05) is 11.2 Å². The highest BCUT2D eigenvalue weighted by Crippen LogP contribution is 2.18. The first-order valence-corrected chi connectivity index (χ1v) is 5.65. The van der Waals surface area contributed by atoms with E-state index < -0.39 is 0 Å². The number of nitrogens with zero attached hydrogens (tertiary/aromatic N) is 4. The molecule has 92 valence electrons. The summed E-state index contributed by atoms with van der Waals surface area (Å²) < 4.78 is 5.17. The lowest BCUT2D eigenvalue weighted by atomic mass is 10.2. The van der Waals surface area contributed by atoms with Crippen molar-refractivity contribution in [3.8, 4) is 17.5 Å². The second kappa shape index (κ2) is 4.74. The maximum Gasteiger partial charge on any atom is 0.259 e. The van der Waals surface area contributed by atoms with E-state index in [4.69, 9.17) is 9.78 Å². The monoisotopic (exact) mass is 251 g/mol. The summed E-state index contributed by atoms with van der Waals surface area (Å²) >= 11 is 0. The highest BCUT2D eigenvalue weighted by molar-refractivity contribution is 5.54. The molecule has 0 aliphatic carbocycles. The molecule has 0 atom stereocenters. The van der Waals surface area contributed by atoms with E-state index in [9.17, 15) is 0 Å². The van der Waals surface area contributed by atoms with Gasteiger partial charge < -0.3 is 9.51 Å². The van der Waals surface area contributed by atoms with Crippen LogP contribution in [0.3, 0.4) is 0 Å². The first-order valence-electron chi connectivity index (χ1n) is 5.65. The van der Waals surface area contributed by atoms with E-state index in [1.54, 1.807) is 24.7 Å². The third-order valence-corrected chi connectivity index (χ3v) is 2.60. The summed E-state index contributed by atoms with van der Waals surface area (Å²) in [5.74, 6) is 0.986. The summed E-state index contributed by atoms with van der Waals surface area (Å²) in [5.41, 5.74) is 2.19. The zero-order chi connectivity index (χ0) is 13.1. The molecule has 19 heavy (non-hydrogen) atoms. The molecule has 0 fully saturated rings. The molecule has 0 aliphatic heterocycles. The van der Waals surface area contributed by atoms with Crippen LogP contribution in [0.1, 0.15) is 17.1 Å². The summed E-state index contributed by atoms with van der Waals surface area (Å²) in [6.07, 6.45) is 5.71. The van der Waals surface area contributed by atoms with Crippen molar-refractivity contribution in [3.05, 3.63) is 53.9 Å². The molecule has 6 nitrogen and oxygen atoms in total. The molecule has 3 aromatic heterocycles. The fourth-order valence-corrected chi connectivity index (χ4v) is 1.71. The van der Waals surface area contributed by atoms with Crippen LogP contribution in [0.4, 0.5) is 0 Å². The van der Waals surface area contributed by atoms with Crippen LogP contribution in [-0.4, -0.2) is 20.1 Å². The molecule has 0 bridgehead atoms. The quantitative estimate of drug-likeness (QED) is 0.767. The van der Waals surface area contributed by atoms with Crippen LogP contribution < -0.4 is 0 Å². The van der Waals surface area contributed by atoms with E-state index in [-0.39, 0.29) is 0 Å². The molecule has 6 heteroatoms. The minimum atomic E-state index is 0.400. The lowest BCUT2D eigenvalue weighted by Crippen LogP contribution is -1.91. The van der Waals surface area contributed by atoms with E-state index in [1.165, 1.54) is 0 Å². The Morgan fingerprint density at radius 2 is 2.37 bits per heavy atom. The van der Waals surface area contributed by atoms with Crippen LogP contribution in [-0.2, 0) is 6.42 Å². The molecule has 0 radical (unpaired) electrons. The Labute approximate surface area is 108 Å². The van der Waals surface area contributed by atoms with Gasteiger partial charge in [0.2, 0.25) is 0 Å². The minimum Gasteiger partial charge on any atom is -0.352 e. The highest BCUT2D eigenvalue weighted by atomic mass is 16.5. The molecular formula is C13H9N5O. The first-order chi connectivity index (χ1) is 9.35. The van der Waals surface area contributed by atoms with Gasteiger partial charge in [0.1, 0.15) is 11.8 Å². The van der Waals surface area contributed by atoms with Crippen molar-refractivity contribution in [2.45, 2.75) is 6.42 Å². The third-order valence-electron chi connectivity index (χ3n) is 2.60. The number of hydrogen-bond acceptors (Lipinski definition) is 5. The Hall–Kier alpha value is -2.94. The molecule has 0 aromatic carbocycles. The van der Waals surface area contributed by atoms with Gasteiger partial charge in [-0.3, -0.25) is 4.98 Å². The predicted molar refractivity (Wildman–Crippen MR) is 65.8 cm³/mol. The van der Waals surface area contributed by atoms with Crippen molar-refractivity contribution < 1.29 is 4.52 Å². The molecule has 1 N–H and O–H groups in total.